The van der Waals surface area contributed by atoms with Crippen LogP contribution in [0.5, 0.6) is 11.5 Å². The summed E-state index contributed by atoms with van der Waals surface area (Å²) in [5.74, 6) is -1.43. The van der Waals surface area contributed by atoms with Gasteiger partial charge in [0.15, 0.2) is 11.5 Å². The normalized spacial score (nSPS) is 13.6. The molecule has 0 heterocycles. The average molecular weight is 232 g/mol. The van der Waals surface area contributed by atoms with E-state index in [2.05, 4.69) is 5.73 Å². The lowest BCUT2D eigenvalue weighted by molar-refractivity contribution is -0.434. The monoisotopic (exact) mass is 232 g/mol. The van der Waals surface area contributed by atoms with Crippen LogP contribution in [0.25, 0.3) is 0 Å². The second-order valence-electron chi connectivity index (χ2n) is 2.99. The predicted octanol–water partition coefficient (Wildman–Crippen LogP) is -1.44. The number of benzene rings is 1. The first-order valence-electron chi connectivity index (χ1n) is 4.08. The Morgan fingerprint density at radius 2 is 2.13 bits per heavy atom. The SMILES string of the molecule is COc1ccc([C@@H]([NH3+])P(=O)([O-])[O-])cc1O. The van der Waals surface area contributed by atoms with Crippen molar-refractivity contribution in [3.05, 3.63) is 23.8 Å². The molecule has 0 amide bonds. The van der Waals surface area contributed by atoms with Crippen LogP contribution in [0.15, 0.2) is 18.2 Å². The number of rotatable bonds is 3. The Bertz CT molecular complexity index is 402. The van der Waals surface area contributed by atoms with E-state index >= 15 is 0 Å². The van der Waals surface area contributed by atoms with Crippen LogP contribution in [-0.2, 0) is 4.57 Å². The van der Waals surface area contributed by atoms with E-state index in [1.807, 2.05) is 0 Å². The number of phenolic OH excluding ortho intramolecular Hbond substituents is 1. The van der Waals surface area contributed by atoms with Gasteiger partial charge in [-0.3, -0.25) is 0 Å². The summed E-state index contributed by atoms with van der Waals surface area (Å²) in [4.78, 5) is 21.4. The van der Waals surface area contributed by atoms with Gasteiger partial charge in [0.05, 0.1) is 7.11 Å². The lowest BCUT2D eigenvalue weighted by atomic mass is 10.2. The Labute approximate surface area is 86.5 Å². The maximum absolute atomic E-state index is 10.7. The lowest BCUT2D eigenvalue weighted by Gasteiger charge is -2.32. The first-order chi connectivity index (χ1) is 6.86. The fourth-order valence-electron chi connectivity index (χ4n) is 1.10. The zero-order chi connectivity index (χ0) is 11.6. The molecule has 1 aromatic carbocycles. The highest BCUT2D eigenvalue weighted by Crippen LogP contribution is 2.40. The van der Waals surface area contributed by atoms with E-state index in [1.165, 1.54) is 19.2 Å². The molecule has 1 aromatic rings. The quantitative estimate of drug-likeness (QED) is 0.618. The molecule has 0 fully saturated rings. The summed E-state index contributed by atoms with van der Waals surface area (Å²) >= 11 is 0. The third-order valence-electron chi connectivity index (χ3n) is 1.97. The van der Waals surface area contributed by atoms with Crippen molar-refractivity contribution in [2.75, 3.05) is 7.11 Å². The zero-order valence-corrected chi connectivity index (χ0v) is 8.94. The van der Waals surface area contributed by atoms with Crippen LogP contribution in [-0.4, -0.2) is 12.2 Å². The summed E-state index contributed by atoms with van der Waals surface area (Å²) in [6.07, 6.45) is 0. The maximum atomic E-state index is 10.7. The van der Waals surface area contributed by atoms with Gasteiger partial charge in [-0.25, -0.2) is 0 Å². The number of hydrogen-bond donors (Lipinski definition) is 2. The van der Waals surface area contributed by atoms with Gasteiger partial charge in [-0.1, -0.05) is 0 Å². The van der Waals surface area contributed by atoms with Crippen molar-refractivity contribution in [2.24, 2.45) is 0 Å². The van der Waals surface area contributed by atoms with Gasteiger partial charge in [0.25, 0.3) is 0 Å². The third kappa shape index (κ3) is 2.70. The first kappa shape index (κ1) is 12.0. The van der Waals surface area contributed by atoms with E-state index in [-0.39, 0.29) is 17.1 Å². The van der Waals surface area contributed by atoms with Crippen LogP contribution >= 0.6 is 7.60 Å². The van der Waals surface area contributed by atoms with Crippen molar-refractivity contribution < 1.29 is 29.9 Å². The van der Waals surface area contributed by atoms with E-state index in [0.717, 1.165) is 6.07 Å². The first-order valence-corrected chi connectivity index (χ1v) is 5.69. The standard InChI is InChI=1S/C8H12NO5P/c1-14-7-3-2-5(4-6(7)10)8(9)15(11,12)13/h2-4,8,10H,9H2,1H3,(H2,11,12,13)/p-1/t8-/m0/s1. The van der Waals surface area contributed by atoms with Crippen molar-refractivity contribution in [2.45, 2.75) is 5.78 Å². The number of ether oxygens (including phenoxy) is 1. The molecular formula is C8H11NO5P-. The van der Waals surface area contributed by atoms with Gasteiger partial charge in [-0.05, 0) is 25.8 Å². The fraction of sp³-hybridized carbons (Fsp3) is 0.250. The molecule has 1 atom stereocenters. The molecular weight excluding hydrogens is 221 g/mol. The van der Waals surface area contributed by atoms with Crippen molar-refractivity contribution in [3.63, 3.8) is 0 Å². The molecule has 0 saturated heterocycles. The van der Waals surface area contributed by atoms with E-state index in [0.29, 0.717) is 0 Å². The van der Waals surface area contributed by atoms with Crippen LogP contribution in [0.1, 0.15) is 11.3 Å². The Kier molecular flexibility index (Phi) is 3.36. The van der Waals surface area contributed by atoms with Crippen molar-refractivity contribution in [3.8, 4) is 11.5 Å². The number of phenols is 1. The number of quaternary nitrogens is 1. The molecule has 0 unspecified atom stereocenters. The topological polar surface area (TPSA) is 120 Å². The van der Waals surface area contributed by atoms with Gasteiger partial charge in [0.2, 0.25) is 0 Å². The molecule has 0 aliphatic rings. The molecule has 0 spiro atoms. The van der Waals surface area contributed by atoms with Crippen LogP contribution in [0, 0.1) is 0 Å². The minimum atomic E-state index is -4.79. The van der Waals surface area contributed by atoms with Crippen molar-refractivity contribution in [1.82, 2.24) is 0 Å². The zero-order valence-electron chi connectivity index (χ0n) is 8.04. The summed E-state index contributed by atoms with van der Waals surface area (Å²) in [6, 6.07) is 3.90. The molecule has 4 N–H and O–H groups in total. The van der Waals surface area contributed by atoms with E-state index in [4.69, 9.17) is 4.74 Å². The number of methoxy groups -OCH3 is 1. The smallest absolute Gasteiger partial charge is 0.160 e. The molecule has 84 valence electrons. The number of aromatic hydroxyl groups is 1. The van der Waals surface area contributed by atoms with Gasteiger partial charge >= 0.3 is 0 Å². The van der Waals surface area contributed by atoms with Crippen molar-refractivity contribution in [1.29, 1.82) is 0 Å². The fourth-order valence-corrected chi connectivity index (χ4v) is 1.62. The third-order valence-corrected chi connectivity index (χ3v) is 3.03. The van der Waals surface area contributed by atoms with Crippen LogP contribution in [0.2, 0.25) is 0 Å². The molecule has 0 aliphatic carbocycles. The van der Waals surface area contributed by atoms with E-state index in [1.54, 1.807) is 0 Å². The summed E-state index contributed by atoms with van der Waals surface area (Å²) < 4.78 is 15.5. The highest BCUT2D eigenvalue weighted by Gasteiger charge is 2.15. The molecule has 0 aliphatic heterocycles. The van der Waals surface area contributed by atoms with Gasteiger partial charge in [-0.15, -0.1) is 0 Å². The molecule has 0 bridgehead atoms. The summed E-state index contributed by atoms with van der Waals surface area (Å²) in [5.41, 5.74) is 3.38. The Hall–Kier alpha value is -1.07. The van der Waals surface area contributed by atoms with Crippen LogP contribution < -0.4 is 20.3 Å². The minimum absolute atomic E-state index is 0.140. The van der Waals surface area contributed by atoms with Gasteiger partial charge in [0.1, 0.15) is 5.78 Å². The Balaban J connectivity index is 3.08. The lowest BCUT2D eigenvalue weighted by Crippen LogP contribution is -2.56. The molecule has 1 rings (SSSR count). The largest absolute Gasteiger partial charge is 0.806 e. The van der Waals surface area contributed by atoms with Gasteiger partial charge in [0, 0.05) is 5.56 Å². The number of hydrogen-bond acceptors (Lipinski definition) is 5. The molecule has 15 heavy (non-hydrogen) atoms. The van der Waals surface area contributed by atoms with Crippen molar-refractivity contribution >= 4 is 7.60 Å². The minimum Gasteiger partial charge on any atom is -0.806 e. The van der Waals surface area contributed by atoms with E-state index < -0.39 is 13.4 Å². The van der Waals surface area contributed by atoms with E-state index in [9.17, 15) is 19.5 Å². The van der Waals surface area contributed by atoms with Gasteiger partial charge in [-0.2, -0.15) is 0 Å². The Morgan fingerprint density at radius 3 is 2.53 bits per heavy atom. The maximum Gasteiger partial charge on any atom is 0.160 e. The van der Waals surface area contributed by atoms with Gasteiger partial charge < -0.3 is 29.9 Å². The molecule has 6 nitrogen and oxygen atoms in total. The summed E-state index contributed by atoms with van der Waals surface area (Å²) in [7, 11) is -3.42. The molecule has 7 heteroatoms. The molecule has 0 saturated carbocycles. The highest BCUT2D eigenvalue weighted by atomic mass is 31.2. The highest BCUT2D eigenvalue weighted by molar-refractivity contribution is 7.48. The molecule has 0 radical (unpaired) electrons. The second-order valence-corrected chi connectivity index (χ2v) is 4.69. The summed E-state index contributed by atoms with van der Waals surface area (Å²) in [6.45, 7) is 0. The summed E-state index contributed by atoms with van der Waals surface area (Å²) in [5, 5.41) is 9.36. The molecule has 0 aromatic heterocycles. The Morgan fingerprint density at radius 1 is 1.53 bits per heavy atom. The second kappa shape index (κ2) is 4.20. The average Bonchev–Trinajstić information content (AvgIpc) is 2.15. The van der Waals surface area contributed by atoms with Crippen LogP contribution in [0.4, 0.5) is 0 Å². The predicted molar refractivity (Wildman–Crippen MR) is 47.9 cm³/mol. The van der Waals surface area contributed by atoms with Crippen LogP contribution in [0.3, 0.4) is 0 Å².